The van der Waals surface area contributed by atoms with E-state index in [4.69, 9.17) is 4.74 Å². The van der Waals surface area contributed by atoms with Crippen LogP contribution in [0.25, 0.3) is 0 Å². The minimum Gasteiger partial charge on any atom is -0.484 e. The van der Waals surface area contributed by atoms with Crippen molar-refractivity contribution < 1.29 is 14.3 Å². The Hall–Kier alpha value is -2.41. The lowest BCUT2D eigenvalue weighted by Crippen LogP contribution is -2.21. The van der Waals surface area contributed by atoms with E-state index < -0.39 is 0 Å². The summed E-state index contributed by atoms with van der Waals surface area (Å²) >= 11 is 1.38. The van der Waals surface area contributed by atoms with Gasteiger partial charge in [0.05, 0.1) is 5.69 Å². The van der Waals surface area contributed by atoms with Gasteiger partial charge in [0.25, 0.3) is 5.91 Å². The topological polar surface area (TPSA) is 80.3 Å². The summed E-state index contributed by atoms with van der Waals surface area (Å²) in [6.07, 6.45) is 1.16. The Kier molecular flexibility index (Phi) is 4.06. The van der Waals surface area contributed by atoms with E-state index in [1.54, 1.807) is 12.1 Å². The first-order chi connectivity index (χ1) is 10.6. The highest BCUT2D eigenvalue weighted by Gasteiger charge is 2.15. The van der Waals surface area contributed by atoms with Gasteiger partial charge in [0.15, 0.2) is 11.7 Å². The highest BCUT2D eigenvalue weighted by atomic mass is 32.1. The van der Waals surface area contributed by atoms with Gasteiger partial charge in [0.1, 0.15) is 5.75 Å². The average Bonchev–Trinajstić information content (AvgIpc) is 2.90. The molecule has 114 valence electrons. The maximum Gasteiger partial charge on any atom is 0.264 e. The molecule has 0 unspecified atom stereocenters. The molecular weight excluding hydrogens is 302 g/mol. The van der Waals surface area contributed by atoms with Crippen LogP contribution in [0.5, 0.6) is 5.75 Å². The molecule has 2 N–H and O–H groups in total. The standard InChI is InChI=1S/C15H15N3O3S/c1-9-8-22-15(16-9)18-14(20)7-21-11-3-4-12-10(6-11)2-5-13(19)17-12/h3-4,6,8H,2,5,7H2,1H3,(H,17,19)(H,16,18,20). The van der Waals surface area contributed by atoms with Gasteiger partial charge in [0.2, 0.25) is 5.91 Å². The maximum atomic E-state index is 11.8. The molecule has 0 fully saturated rings. The fourth-order valence-electron chi connectivity index (χ4n) is 2.17. The fourth-order valence-corrected chi connectivity index (χ4v) is 2.87. The van der Waals surface area contributed by atoms with E-state index in [0.717, 1.165) is 16.9 Å². The molecule has 0 spiro atoms. The third-order valence-electron chi connectivity index (χ3n) is 3.21. The number of amides is 2. The summed E-state index contributed by atoms with van der Waals surface area (Å²) in [5, 5.41) is 7.93. The molecule has 7 heteroatoms. The van der Waals surface area contributed by atoms with Gasteiger partial charge in [-0.3, -0.25) is 14.9 Å². The Morgan fingerprint density at radius 2 is 2.32 bits per heavy atom. The first-order valence-electron chi connectivity index (χ1n) is 6.88. The largest absolute Gasteiger partial charge is 0.484 e. The van der Waals surface area contributed by atoms with E-state index in [0.29, 0.717) is 23.7 Å². The van der Waals surface area contributed by atoms with Gasteiger partial charge in [-0.05, 0) is 37.1 Å². The van der Waals surface area contributed by atoms with Crippen LogP contribution < -0.4 is 15.4 Å². The summed E-state index contributed by atoms with van der Waals surface area (Å²) in [5.74, 6) is 0.389. The fraction of sp³-hybridized carbons (Fsp3) is 0.267. The number of aryl methyl sites for hydroxylation is 2. The van der Waals surface area contributed by atoms with E-state index in [1.807, 2.05) is 18.4 Å². The molecule has 2 amide bonds. The number of nitrogens with zero attached hydrogens (tertiary/aromatic N) is 1. The third kappa shape index (κ3) is 3.43. The Labute approximate surface area is 131 Å². The number of ether oxygens (including phenoxy) is 1. The van der Waals surface area contributed by atoms with Gasteiger partial charge in [-0.1, -0.05) is 0 Å². The van der Waals surface area contributed by atoms with E-state index >= 15 is 0 Å². The van der Waals surface area contributed by atoms with Gasteiger partial charge in [-0.25, -0.2) is 4.98 Å². The Balaban J connectivity index is 1.57. The van der Waals surface area contributed by atoms with Gasteiger partial charge in [0, 0.05) is 17.5 Å². The monoisotopic (exact) mass is 317 g/mol. The molecule has 0 bridgehead atoms. The van der Waals surface area contributed by atoms with E-state index in [9.17, 15) is 9.59 Å². The molecule has 1 aromatic carbocycles. The highest BCUT2D eigenvalue weighted by Crippen LogP contribution is 2.26. The lowest BCUT2D eigenvalue weighted by molar-refractivity contribution is -0.118. The summed E-state index contributed by atoms with van der Waals surface area (Å²) in [6, 6.07) is 5.39. The predicted octanol–water partition coefficient (Wildman–Crippen LogP) is 2.35. The zero-order valence-electron chi connectivity index (χ0n) is 12.0. The molecule has 2 aromatic rings. The Morgan fingerprint density at radius 1 is 1.45 bits per heavy atom. The van der Waals surface area contributed by atoms with Gasteiger partial charge in [-0.2, -0.15) is 0 Å². The van der Waals surface area contributed by atoms with Crippen molar-refractivity contribution in [1.82, 2.24) is 4.98 Å². The summed E-state index contributed by atoms with van der Waals surface area (Å²) in [4.78, 5) is 27.3. The first-order valence-corrected chi connectivity index (χ1v) is 7.76. The molecule has 0 aliphatic carbocycles. The minimum absolute atomic E-state index is 0.0271. The van der Waals surface area contributed by atoms with Crippen molar-refractivity contribution in [2.75, 3.05) is 17.2 Å². The van der Waals surface area contributed by atoms with Crippen LogP contribution in [0.2, 0.25) is 0 Å². The van der Waals surface area contributed by atoms with Crippen LogP contribution in [0.4, 0.5) is 10.8 Å². The van der Waals surface area contributed by atoms with Crippen molar-refractivity contribution in [1.29, 1.82) is 0 Å². The molecule has 3 rings (SSSR count). The molecule has 6 nitrogen and oxygen atoms in total. The summed E-state index contributed by atoms with van der Waals surface area (Å²) in [7, 11) is 0. The zero-order chi connectivity index (χ0) is 15.5. The zero-order valence-corrected chi connectivity index (χ0v) is 12.8. The summed E-state index contributed by atoms with van der Waals surface area (Å²) < 4.78 is 5.49. The second kappa shape index (κ2) is 6.15. The van der Waals surface area contributed by atoms with Crippen molar-refractivity contribution in [2.24, 2.45) is 0 Å². The quantitative estimate of drug-likeness (QED) is 0.907. The number of anilines is 2. The molecule has 1 aromatic heterocycles. The number of hydrogen-bond donors (Lipinski definition) is 2. The van der Waals surface area contributed by atoms with Crippen molar-refractivity contribution in [3.05, 3.63) is 34.8 Å². The van der Waals surface area contributed by atoms with Crippen LogP contribution in [0.3, 0.4) is 0 Å². The van der Waals surface area contributed by atoms with Crippen LogP contribution in [0.15, 0.2) is 23.6 Å². The number of rotatable bonds is 4. The number of aromatic nitrogens is 1. The molecule has 0 atom stereocenters. The van der Waals surface area contributed by atoms with E-state index in [1.165, 1.54) is 11.3 Å². The highest BCUT2D eigenvalue weighted by molar-refractivity contribution is 7.13. The first kappa shape index (κ1) is 14.5. The lowest BCUT2D eigenvalue weighted by Gasteiger charge is -2.17. The SMILES string of the molecule is Cc1csc(NC(=O)COc2ccc3c(c2)CCC(=O)N3)n1. The predicted molar refractivity (Wildman–Crippen MR) is 84.4 cm³/mol. The number of hydrogen-bond acceptors (Lipinski definition) is 5. The van der Waals surface area contributed by atoms with Gasteiger partial charge >= 0.3 is 0 Å². The van der Waals surface area contributed by atoms with Crippen molar-refractivity contribution in [2.45, 2.75) is 19.8 Å². The van der Waals surface area contributed by atoms with Gasteiger partial charge < -0.3 is 10.1 Å². The van der Waals surface area contributed by atoms with Crippen LogP contribution in [0.1, 0.15) is 17.7 Å². The molecular formula is C15H15N3O3S. The summed E-state index contributed by atoms with van der Waals surface area (Å²) in [6.45, 7) is 1.79. The number of carbonyl (C=O) groups is 2. The number of nitrogens with one attached hydrogen (secondary N) is 2. The van der Waals surface area contributed by atoms with E-state index in [2.05, 4.69) is 15.6 Å². The van der Waals surface area contributed by atoms with Gasteiger partial charge in [-0.15, -0.1) is 11.3 Å². The number of carbonyl (C=O) groups excluding carboxylic acids is 2. The van der Waals surface area contributed by atoms with Crippen LogP contribution >= 0.6 is 11.3 Å². The minimum atomic E-state index is -0.250. The molecule has 2 heterocycles. The van der Waals surface area contributed by atoms with E-state index in [-0.39, 0.29) is 18.4 Å². The lowest BCUT2D eigenvalue weighted by atomic mass is 10.0. The van der Waals surface area contributed by atoms with Crippen molar-refractivity contribution in [3.63, 3.8) is 0 Å². The Morgan fingerprint density at radius 3 is 3.09 bits per heavy atom. The molecule has 22 heavy (non-hydrogen) atoms. The normalized spacial score (nSPS) is 13.2. The molecule has 1 aliphatic heterocycles. The summed E-state index contributed by atoms with van der Waals surface area (Å²) in [5.41, 5.74) is 2.71. The second-order valence-corrected chi connectivity index (χ2v) is 5.86. The molecule has 0 radical (unpaired) electrons. The van der Waals surface area contributed by atoms with Crippen molar-refractivity contribution >= 4 is 34.0 Å². The number of thiazole rings is 1. The van der Waals surface area contributed by atoms with Crippen LogP contribution in [-0.4, -0.2) is 23.4 Å². The smallest absolute Gasteiger partial charge is 0.264 e. The second-order valence-electron chi connectivity index (χ2n) is 5.00. The number of fused-ring (bicyclic) bond motifs is 1. The molecule has 0 saturated heterocycles. The van der Waals surface area contributed by atoms with Crippen LogP contribution in [-0.2, 0) is 16.0 Å². The van der Waals surface area contributed by atoms with Crippen molar-refractivity contribution in [3.8, 4) is 5.75 Å². The Bertz CT molecular complexity index is 727. The van der Waals surface area contributed by atoms with Crippen LogP contribution in [0, 0.1) is 6.92 Å². The molecule has 1 aliphatic rings. The number of benzene rings is 1. The maximum absolute atomic E-state index is 11.8. The average molecular weight is 317 g/mol. The molecule has 0 saturated carbocycles. The third-order valence-corrected chi connectivity index (χ3v) is 4.08.